The normalized spacial score (nSPS) is 14.2. The maximum Gasteiger partial charge on any atom is 0.0605 e. The Labute approximate surface area is 133 Å². The van der Waals surface area contributed by atoms with Gasteiger partial charge in [-0.3, -0.25) is 4.90 Å². The molecule has 1 saturated heterocycles. The van der Waals surface area contributed by atoms with Gasteiger partial charge in [-0.05, 0) is 48.7 Å². The highest BCUT2D eigenvalue weighted by atomic mass is 15.1. The van der Waals surface area contributed by atoms with E-state index in [0.29, 0.717) is 0 Å². The van der Waals surface area contributed by atoms with E-state index in [9.17, 15) is 0 Å². The number of likely N-dealkylation sites (tertiary alicyclic amines) is 1. The Morgan fingerprint density at radius 3 is 1.95 bits per heavy atom. The molecule has 1 heteroatoms. The topological polar surface area (TPSA) is 3.24 Å². The van der Waals surface area contributed by atoms with Crippen LogP contribution in [0.1, 0.15) is 24.0 Å². The first-order valence-corrected chi connectivity index (χ1v) is 7.95. The first-order chi connectivity index (χ1) is 10.9. The summed E-state index contributed by atoms with van der Waals surface area (Å²) in [6.45, 7) is 3.28. The van der Waals surface area contributed by atoms with Crippen LogP contribution >= 0.6 is 0 Å². The molecule has 2 aromatic rings. The van der Waals surface area contributed by atoms with Crippen LogP contribution in [0, 0.1) is 11.8 Å². The molecule has 1 aliphatic rings. The van der Waals surface area contributed by atoms with Crippen LogP contribution in [0.4, 0.5) is 0 Å². The molecular formula is C21H21N. The molecule has 0 aromatic heterocycles. The molecule has 0 atom stereocenters. The highest BCUT2D eigenvalue weighted by Crippen LogP contribution is 2.22. The van der Waals surface area contributed by atoms with E-state index in [1.165, 1.54) is 42.6 Å². The van der Waals surface area contributed by atoms with Crippen molar-refractivity contribution in [3.05, 3.63) is 77.9 Å². The third kappa shape index (κ3) is 3.87. The summed E-state index contributed by atoms with van der Waals surface area (Å²) < 4.78 is 0. The van der Waals surface area contributed by atoms with Crippen molar-refractivity contribution in [3.8, 4) is 11.8 Å². The molecule has 0 spiro atoms. The Morgan fingerprint density at radius 2 is 1.41 bits per heavy atom. The summed E-state index contributed by atoms with van der Waals surface area (Å²) in [5, 5.41) is 0. The molecule has 0 radical (unpaired) electrons. The summed E-state index contributed by atoms with van der Waals surface area (Å²) >= 11 is 0. The number of rotatable bonds is 3. The predicted molar refractivity (Wildman–Crippen MR) is 93.4 cm³/mol. The van der Waals surface area contributed by atoms with Crippen LogP contribution in [0.15, 0.2) is 66.7 Å². The SMILES string of the molecule is C(#CCN1CCCC1)C=C(c1ccccc1)c1ccccc1. The Balaban J connectivity index is 1.82. The lowest BCUT2D eigenvalue weighted by Gasteiger charge is -2.08. The van der Waals surface area contributed by atoms with Gasteiger partial charge in [0.2, 0.25) is 0 Å². The molecule has 1 nitrogen and oxygen atoms in total. The average Bonchev–Trinajstić information content (AvgIpc) is 3.10. The van der Waals surface area contributed by atoms with E-state index in [2.05, 4.69) is 71.3 Å². The fourth-order valence-corrected chi connectivity index (χ4v) is 2.79. The van der Waals surface area contributed by atoms with Gasteiger partial charge in [0.15, 0.2) is 0 Å². The van der Waals surface area contributed by atoms with E-state index in [4.69, 9.17) is 0 Å². The van der Waals surface area contributed by atoms with Gasteiger partial charge in [0, 0.05) is 0 Å². The van der Waals surface area contributed by atoms with Gasteiger partial charge >= 0.3 is 0 Å². The zero-order valence-electron chi connectivity index (χ0n) is 12.8. The van der Waals surface area contributed by atoms with Crippen LogP contribution < -0.4 is 0 Å². The lowest BCUT2D eigenvalue weighted by Crippen LogP contribution is -2.18. The van der Waals surface area contributed by atoms with Crippen molar-refractivity contribution in [2.24, 2.45) is 0 Å². The van der Waals surface area contributed by atoms with Crippen molar-refractivity contribution in [2.75, 3.05) is 19.6 Å². The molecule has 1 fully saturated rings. The van der Waals surface area contributed by atoms with Crippen LogP contribution in [0.5, 0.6) is 0 Å². The number of allylic oxidation sites excluding steroid dienone is 1. The van der Waals surface area contributed by atoms with Crippen molar-refractivity contribution in [2.45, 2.75) is 12.8 Å². The van der Waals surface area contributed by atoms with Gasteiger partial charge in [0.05, 0.1) is 6.54 Å². The van der Waals surface area contributed by atoms with Gasteiger partial charge < -0.3 is 0 Å². The molecule has 2 aromatic carbocycles. The minimum Gasteiger partial charge on any atom is -0.292 e. The molecule has 22 heavy (non-hydrogen) atoms. The first-order valence-electron chi connectivity index (χ1n) is 7.95. The van der Waals surface area contributed by atoms with Crippen LogP contribution in [0.3, 0.4) is 0 Å². The molecule has 0 bridgehead atoms. The summed E-state index contributed by atoms with van der Waals surface area (Å²) in [5.41, 5.74) is 3.61. The van der Waals surface area contributed by atoms with Gasteiger partial charge in [-0.15, -0.1) is 0 Å². The number of hydrogen-bond donors (Lipinski definition) is 0. The monoisotopic (exact) mass is 287 g/mol. The van der Waals surface area contributed by atoms with Crippen LogP contribution in [-0.4, -0.2) is 24.5 Å². The Kier molecular flexibility index (Phi) is 5.08. The molecule has 110 valence electrons. The minimum atomic E-state index is 0.882. The smallest absolute Gasteiger partial charge is 0.0605 e. The van der Waals surface area contributed by atoms with Gasteiger partial charge in [0.25, 0.3) is 0 Å². The first kappa shape index (κ1) is 14.6. The molecule has 0 amide bonds. The Morgan fingerprint density at radius 1 is 0.864 bits per heavy atom. The fourth-order valence-electron chi connectivity index (χ4n) is 2.79. The molecular weight excluding hydrogens is 266 g/mol. The van der Waals surface area contributed by atoms with Gasteiger partial charge in [-0.25, -0.2) is 0 Å². The summed E-state index contributed by atoms with van der Waals surface area (Å²) in [7, 11) is 0. The second-order valence-corrected chi connectivity index (χ2v) is 5.59. The van der Waals surface area contributed by atoms with Gasteiger partial charge in [-0.2, -0.15) is 0 Å². The second-order valence-electron chi connectivity index (χ2n) is 5.59. The fraction of sp³-hybridized carbons (Fsp3) is 0.238. The maximum absolute atomic E-state index is 3.30. The number of benzene rings is 2. The van der Waals surface area contributed by atoms with Crippen molar-refractivity contribution in [3.63, 3.8) is 0 Å². The molecule has 1 heterocycles. The number of hydrogen-bond acceptors (Lipinski definition) is 1. The van der Waals surface area contributed by atoms with E-state index in [1.54, 1.807) is 0 Å². The number of nitrogens with zero attached hydrogens (tertiary/aromatic N) is 1. The third-order valence-corrected chi connectivity index (χ3v) is 3.99. The largest absolute Gasteiger partial charge is 0.292 e. The molecule has 0 aliphatic carbocycles. The average molecular weight is 287 g/mol. The van der Waals surface area contributed by atoms with Crippen molar-refractivity contribution < 1.29 is 0 Å². The van der Waals surface area contributed by atoms with E-state index in [1.807, 2.05) is 12.1 Å². The quantitative estimate of drug-likeness (QED) is 0.764. The van der Waals surface area contributed by atoms with E-state index in [-0.39, 0.29) is 0 Å². The standard InChI is InChI=1S/C21H21N/c1-3-11-19(12-4-1)21(20-13-5-2-6-14-20)15-7-8-16-22-17-9-10-18-22/h1-6,11-15H,9-10,16-18H2. The zero-order valence-corrected chi connectivity index (χ0v) is 12.8. The van der Waals surface area contributed by atoms with E-state index in [0.717, 1.165) is 6.54 Å². The van der Waals surface area contributed by atoms with Crippen LogP contribution in [-0.2, 0) is 0 Å². The lowest BCUT2D eigenvalue weighted by molar-refractivity contribution is 0.383. The van der Waals surface area contributed by atoms with Crippen molar-refractivity contribution >= 4 is 5.57 Å². The minimum absolute atomic E-state index is 0.882. The zero-order chi connectivity index (χ0) is 15.0. The van der Waals surface area contributed by atoms with Gasteiger partial charge in [-0.1, -0.05) is 72.5 Å². The summed E-state index contributed by atoms with van der Waals surface area (Å²) in [5.74, 6) is 6.55. The highest BCUT2D eigenvalue weighted by molar-refractivity contribution is 5.81. The van der Waals surface area contributed by atoms with E-state index < -0.39 is 0 Å². The van der Waals surface area contributed by atoms with Crippen LogP contribution in [0.2, 0.25) is 0 Å². The van der Waals surface area contributed by atoms with Crippen molar-refractivity contribution in [1.29, 1.82) is 0 Å². The molecule has 0 N–H and O–H groups in total. The maximum atomic E-state index is 3.30. The van der Waals surface area contributed by atoms with Crippen molar-refractivity contribution in [1.82, 2.24) is 4.90 Å². The molecule has 0 unspecified atom stereocenters. The summed E-state index contributed by atoms with van der Waals surface area (Å²) in [6.07, 6.45) is 4.69. The Hall–Kier alpha value is -2.30. The Bertz CT molecular complexity index is 627. The van der Waals surface area contributed by atoms with Crippen LogP contribution in [0.25, 0.3) is 5.57 Å². The molecule has 0 saturated carbocycles. The molecule has 3 rings (SSSR count). The summed E-state index contributed by atoms with van der Waals surface area (Å²) in [6, 6.07) is 20.9. The highest BCUT2D eigenvalue weighted by Gasteiger charge is 2.08. The molecule has 1 aliphatic heterocycles. The predicted octanol–water partition coefficient (Wildman–Crippen LogP) is 4.22. The van der Waals surface area contributed by atoms with Gasteiger partial charge in [0.1, 0.15) is 0 Å². The third-order valence-electron chi connectivity index (χ3n) is 3.99. The lowest BCUT2D eigenvalue weighted by atomic mass is 9.98. The van der Waals surface area contributed by atoms with E-state index >= 15 is 0 Å². The second kappa shape index (κ2) is 7.64. The summed E-state index contributed by atoms with van der Waals surface area (Å²) in [4.78, 5) is 2.42.